The number of nitrogens with zero attached hydrogens (tertiary/aromatic N) is 1. The number of hydrogen-bond donors (Lipinski definition) is 3. The smallest absolute Gasteiger partial charge is 0.312 e. The lowest BCUT2D eigenvalue weighted by Gasteiger charge is -1.91. The van der Waals surface area contributed by atoms with E-state index in [1.54, 1.807) is 0 Å². The van der Waals surface area contributed by atoms with Crippen LogP contribution in [0.2, 0.25) is 0 Å². The molecule has 0 bridgehead atoms. The van der Waals surface area contributed by atoms with Crippen LogP contribution < -0.4 is 5.32 Å². The van der Waals surface area contributed by atoms with Gasteiger partial charge in [-0.15, -0.1) is 0 Å². The Morgan fingerprint density at radius 1 is 1.60 bits per heavy atom. The van der Waals surface area contributed by atoms with Crippen LogP contribution in [0.15, 0.2) is 5.16 Å². The Bertz CT molecular complexity index is 165. The number of oxime groups is 1. The van der Waals surface area contributed by atoms with Crippen LogP contribution in [-0.4, -0.2) is 28.5 Å². The van der Waals surface area contributed by atoms with E-state index in [4.69, 9.17) is 10.3 Å². The number of amides is 1. The van der Waals surface area contributed by atoms with Crippen LogP contribution in [0.25, 0.3) is 0 Å². The Labute approximate surface area is 56.1 Å². The molecule has 0 aromatic heterocycles. The third-order valence-electron chi connectivity index (χ3n) is 0.595. The monoisotopic (exact) mass is 146 g/mol. The van der Waals surface area contributed by atoms with Crippen LogP contribution in [0.5, 0.6) is 0 Å². The predicted octanol–water partition coefficient (Wildman–Crippen LogP) is -1.01. The van der Waals surface area contributed by atoms with Gasteiger partial charge in [-0.1, -0.05) is 5.16 Å². The van der Waals surface area contributed by atoms with Gasteiger partial charge in [0.15, 0.2) is 0 Å². The summed E-state index contributed by atoms with van der Waals surface area (Å²) in [5, 5.41) is 20.1. The Hall–Kier alpha value is -1.59. The van der Waals surface area contributed by atoms with Gasteiger partial charge in [0.1, 0.15) is 12.8 Å². The van der Waals surface area contributed by atoms with Crippen LogP contribution >= 0.6 is 0 Å². The average Bonchev–Trinajstić information content (AvgIpc) is 1.82. The van der Waals surface area contributed by atoms with E-state index in [9.17, 15) is 9.59 Å². The molecule has 0 aromatic rings. The summed E-state index contributed by atoms with van der Waals surface area (Å²) in [6, 6.07) is 0. The Morgan fingerprint density at radius 3 is 2.60 bits per heavy atom. The molecular formula is C4H6N2O4. The van der Waals surface area contributed by atoms with Crippen molar-refractivity contribution >= 4 is 18.2 Å². The van der Waals surface area contributed by atoms with Crippen molar-refractivity contribution in [3.8, 4) is 0 Å². The van der Waals surface area contributed by atoms with Crippen molar-refractivity contribution in [2.24, 2.45) is 5.16 Å². The molecule has 6 heteroatoms. The molecule has 0 aliphatic rings. The lowest BCUT2D eigenvalue weighted by Crippen LogP contribution is -2.23. The molecular weight excluding hydrogens is 140 g/mol. The van der Waals surface area contributed by atoms with E-state index in [-0.39, 0.29) is 0 Å². The van der Waals surface area contributed by atoms with E-state index in [0.29, 0.717) is 6.34 Å². The summed E-state index contributed by atoms with van der Waals surface area (Å²) < 4.78 is 0. The molecule has 56 valence electrons. The molecule has 0 unspecified atom stereocenters. The summed E-state index contributed by atoms with van der Waals surface area (Å²) in [5.41, 5.74) is 0. The highest BCUT2D eigenvalue weighted by atomic mass is 16.4. The van der Waals surface area contributed by atoms with E-state index in [2.05, 4.69) is 5.16 Å². The summed E-state index contributed by atoms with van der Waals surface area (Å²) >= 11 is 0. The highest BCUT2D eigenvalue weighted by molar-refractivity contribution is 5.98. The number of hydrogen-bond acceptors (Lipinski definition) is 4. The van der Waals surface area contributed by atoms with E-state index >= 15 is 0 Å². The Morgan fingerprint density at radius 2 is 2.20 bits per heavy atom. The SMILES string of the molecule is O=C(O)CC(=O)N/C=N/O. The molecule has 10 heavy (non-hydrogen) atoms. The van der Waals surface area contributed by atoms with E-state index in [1.165, 1.54) is 0 Å². The maximum atomic E-state index is 10.3. The fourth-order valence-electron chi connectivity index (χ4n) is 0.289. The number of carboxylic acids is 1. The zero-order valence-corrected chi connectivity index (χ0v) is 4.94. The first-order chi connectivity index (χ1) is 4.66. The summed E-state index contributed by atoms with van der Waals surface area (Å²) in [6.45, 7) is 0. The maximum absolute atomic E-state index is 10.3. The maximum Gasteiger partial charge on any atom is 0.312 e. The molecule has 1 amide bonds. The second kappa shape index (κ2) is 4.30. The van der Waals surface area contributed by atoms with Gasteiger partial charge in [-0.3, -0.25) is 9.59 Å². The molecule has 0 saturated heterocycles. The fourth-order valence-corrected chi connectivity index (χ4v) is 0.289. The molecule has 0 rings (SSSR count). The summed E-state index contributed by atoms with van der Waals surface area (Å²) in [4.78, 5) is 20.1. The first-order valence-corrected chi connectivity index (χ1v) is 2.34. The number of carboxylic acid groups (broad SMARTS) is 1. The topological polar surface area (TPSA) is 99.0 Å². The molecule has 0 radical (unpaired) electrons. The quantitative estimate of drug-likeness (QED) is 0.156. The highest BCUT2D eigenvalue weighted by Crippen LogP contribution is 1.75. The highest BCUT2D eigenvalue weighted by Gasteiger charge is 2.04. The third-order valence-corrected chi connectivity index (χ3v) is 0.595. The van der Waals surface area contributed by atoms with Gasteiger partial charge in [-0.25, -0.2) is 0 Å². The van der Waals surface area contributed by atoms with Crippen LogP contribution in [0.1, 0.15) is 6.42 Å². The van der Waals surface area contributed by atoms with Crippen molar-refractivity contribution in [3.63, 3.8) is 0 Å². The van der Waals surface area contributed by atoms with Crippen molar-refractivity contribution in [3.05, 3.63) is 0 Å². The average molecular weight is 146 g/mol. The van der Waals surface area contributed by atoms with E-state index in [1.807, 2.05) is 5.32 Å². The van der Waals surface area contributed by atoms with Crippen molar-refractivity contribution in [1.82, 2.24) is 5.32 Å². The standard InChI is InChI=1S/C4H6N2O4/c7-3(1-4(8)9)5-2-6-10/h2,10H,1H2,(H,8,9)(H,5,6,7). The largest absolute Gasteiger partial charge is 0.481 e. The molecule has 0 atom stereocenters. The molecule has 0 fully saturated rings. The first kappa shape index (κ1) is 8.41. The second-order valence-electron chi connectivity index (χ2n) is 1.38. The van der Waals surface area contributed by atoms with E-state index < -0.39 is 18.3 Å². The van der Waals surface area contributed by atoms with Crippen LogP contribution in [0, 0.1) is 0 Å². The molecule has 0 heterocycles. The van der Waals surface area contributed by atoms with Gasteiger partial charge in [0.05, 0.1) is 0 Å². The second-order valence-corrected chi connectivity index (χ2v) is 1.38. The van der Waals surface area contributed by atoms with Gasteiger partial charge in [0.2, 0.25) is 5.91 Å². The first-order valence-electron chi connectivity index (χ1n) is 2.34. The minimum Gasteiger partial charge on any atom is -0.481 e. The van der Waals surface area contributed by atoms with Crippen molar-refractivity contribution < 1.29 is 19.9 Å². The van der Waals surface area contributed by atoms with Gasteiger partial charge in [0, 0.05) is 0 Å². The van der Waals surface area contributed by atoms with Crippen LogP contribution in [0.4, 0.5) is 0 Å². The Kier molecular flexibility index (Phi) is 3.62. The van der Waals surface area contributed by atoms with Crippen molar-refractivity contribution in [1.29, 1.82) is 0 Å². The number of carbonyl (C=O) groups excluding carboxylic acids is 1. The number of carbonyl (C=O) groups is 2. The molecule has 0 aliphatic heterocycles. The van der Waals surface area contributed by atoms with E-state index in [0.717, 1.165) is 0 Å². The van der Waals surface area contributed by atoms with Gasteiger partial charge in [0.25, 0.3) is 0 Å². The molecule has 0 spiro atoms. The lowest BCUT2D eigenvalue weighted by molar-refractivity contribution is -0.140. The van der Waals surface area contributed by atoms with Gasteiger partial charge >= 0.3 is 5.97 Å². The van der Waals surface area contributed by atoms with Crippen LogP contribution in [-0.2, 0) is 9.59 Å². The van der Waals surface area contributed by atoms with Crippen LogP contribution in [0.3, 0.4) is 0 Å². The van der Waals surface area contributed by atoms with Crippen molar-refractivity contribution in [2.75, 3.05) is 0 Å². The number of rotatable bonds is 3. The molecule has 6 nitrogen and oxygen atoms in total. The molecule has 3 N–H and O–H groups in total. The third kappa shape index (κ3) is 4.57. The van der Waals surface area contributed by atoms with Gasteiger partial charge in [-0.05, 0) is 0 Å². The number of aliphatic carboxylic acids is 1. The van der Waals surface area contributed by atoms with Crippen molar-refractivity contribution in [2.45, 2.75) is 6.42 Å². The summed E-state index contributed by atoms with van der Waals surface area (Å²) in [7, 11) is 0. The molecule has 0 aliphatic carbocycles. The molecule has 0 aromatic carbocycles. The zero-order valence-electron chi connectivity index (χ0n) is 4.94. The number of nitrogens with one attached hydrogen (secondary N) is 1. The predicted molar refractivity (Wildman–Crippen MR) is 30.7 cm³/mol. The summed E-state index contributed by atoms with van der Waals surface area (Å²) in [5.74, 6) is -1.96. The minimum absolute atomic E-state index is 0.633. The van der Waals surface area contributed by atoms with Gasteiger partial charge in [-0.2, -0.15) is 0 Å². The normalized spacial score (nSPS) is 9.60. The zero-order chi connectivity index (χ0) is 7.98. The minimum atomic E-state index is -1.23. The summed E-state index contributed by atoms with van der Waals surface area (Å²) in [6.07, 6.45) is 0.0668. The van der Waals surface area contributed by atoms with Gasteiger partial charge < -0.3 is 15.6 Å². The lowest BCUT2D eigenvalue weighted by atomic mass is 10.4. The fraction of sp³-hybridized carbons (Fsp3) is 0.250. The Balaban J connectivity index is 3.54. The molecule has 0 saturated carbocycles.